The number of carbonyl (C=O) groups is 1. The molecule has 1 atom stereocenters. The number of aromatic carboxylic acids is 1. The molecule has 6 nitrogen and oxygen atoms in total. The van der Waals surface area contributed by atoms with Gasteiger partial charge in [0.25, 0.3) is 0 Å². The first-order valence-corrected chi connectivity index (χ1v) is 8.75. The van der Waals surface area contributed by atoms with E-state index in [1.165, 1.54) is 6.20 Å². The molecule has 1 aromatic carbocycles. The Labute approximate surface area is 151 Å². The highest BCUT2D eigenvalue weighted by atomic mass is 16.4. The summed E-state index contributed by atoms with van der Waals surface area (Å²) in [7, 11) is 0. The molecule has 0 amide bonds. The molecule has 0 aliphatic carbocycles. The molecule has 0 saturated carbocycles. The zero-order chi connectivity index (χ0) is 17.9. The van der Waals surface area contributed by atoms with Gasteiger partial charge in [-0.25, -0.2) is 9.78 Å². The van der Waals surface area contributed by atoms with Crippen LogP contribution in [0.4, 0.5) is 5.82 Å². The molecule has 1 unspecified atom stereocenters. The van der Waals surface area contributed by atoms with E-state index in [1.807, 2.05) is 24.4 Å². The summed E-state index contributed by atoms with van der Waals surface area (Å²) >= 11 is 0. The molecule has 0 radical (unpaired) electrons. The number of nitrogens with zero attached hydrogens (tertiary/aromatic N) is 3. The maximum Gasteiger partial charge on any atom is 0.337 e. The summed E-state index contributed by atoms with van der Waals surface area (Å²) in [4.78, 5) is 17.6. The number of pyridine rings is 1. The Morgan fingerprint density at radius 1 is 1.15 bits per heavy atom. The number of benzene rings is 1. The van der Waals surface area contributed by atoms with E-state index >= 15 is 0 Å². The van der Waals surface area contributed by atoms with Gasteiger partial charge in [-0.15, -0.1) is 0 Å². The predicted octanol–water partition coefficient (Wildman–Crippen LogP) is 3.55. The van der Waals surface area contributed by atoms with Crippen LogP contribution >= 0.6 is 0 Å². The zero-order valence-corrected chi connectivity index (χ0v) is 14.3. The van der Waals surface area contributed by atoms with Gasteiger partial charge in [0.1, 0.15) is 5.82 Å². The number of carboxylic acid groups (broad SMARTS) is 1. The van der Waals surface area contributed by atoms with Gasteiger partial charge in [-0.3, -0.25) is 5.10 Å². The fourth-order valence-corrected chi connectivity index (χ4v) is 3.58. The maximum atomic E-state index is 11.0. The second-order valence-corrected chi connectivity index (χ2v) is 6.56. The van der Waals surface area contributed by atoms with Gasteiger partial charge in [0.05, 0.1) is 11.8 Å². The lowest BCUT2D eigenvalue weighted by atomic mass is 9.90. The van der Waals surface area contributed by atoms with Crippen LogP contribution in [0.3, 0.4) is 0 Å². The van der Waals surface area contributed by atoms with Crippen molar-refractivity contribution in [1.29, 1.82) is 0 Å². The minimum Gasteiger partial charge on any atom is -0.478 e. The standard InChI is InChI=1S/C20H20N4O2/c25-20(26)15-8-9-18(21-11-15)24-10-4-7-16(13-24)19-17(12-22-23-19)14-5-2-1-3-6-14/h1-3,5-6,8-9,11-12,16H,4,7,10,13H2,(H,22,23)(H,25,26). The maximum absolute atomic E-state index is 11.0. The molecule has 6 heteroatoms. The SMILES string of the molecule is O=C(O)c1ccc(N2CCCC(c3[nH]ncc3-c3ccccc3)C2)nc1. The number of nitrogens with one attached hydrogen (secondary N) is 1. The van der Waals surface area contributed by atoms with Crippen LogP contribution in [0.1, 0.15) is 34.8 Å². The fourth-order valence-electron chi connectivity index (χ4n) is 3.58. The second-order valence-electron chi connectivity index (χ2n) is 6.56. The molecule has 132 valence electrons. The lowest BCUT2D eigenvalue weighted by Gasteiger charge is -2.33. The van der Waals surface area contributed by atoms with Gasteiger partial charge in [-0.05, 0) is 30.5 Å². The minimum atomic E-state index is -0.953. The van der Waals surface area contributed by atoms with E-state index in [0.717, 1.165) is 48.6 Å². The van der Waals surface area contributed by atoms with E-state index in [1.54, 1.807) is 12.1 Å². The van der Waals surface area contributed by atoms with Crippen molar-refractivity contribution in [3.05, 3.63) is 66.1 Å². The predicted molar refractivity (Wildman–Crippen MR) is 99.4 cm³/mol. The summed E-state index contributed by atoms with van der Waals surface area (Å²) in [6, 6.07) is 13.7. The van der Waals surface area contributed by atoms with Gasteiger partial charge in [0, 0.05) is 36.5 Å². The molecule has 0 spiro atoms. The van der Waals surface area contributed by atoms with Crippen LogP contribution in [0.25, 0.3) is 11.1 Å². The molecule has 26 heavy (non-hydrogen) atoms. The molecule has 2 N–H and O–H groups in total. The van der Waals surface area contributed by atoms with Gasteiger partial charge in [-0.2, -0.15) is 5.10 Å². The summed E-state index contributed by atoms with van der Waals surface area (Å²) in [6.45, 7) is 1.76. The van der Waals surface area contributed by atoms with Crippen molar-refractivity contribution in [2.45, 2.75) is 18.8 Å². The third kappa shape index (κ3) is 3.18. The van der Waals surface area contributed by atoms with E-state index < -0.39 is 5.97 Å². The Bertz CT molecular complexity index is 890. The van der Waals surface area contributed by atoms with E-state index in [9.17, 15) is 4.79 Å². The highest BCUT2D eigenvalue weighted by Crippen LogP contribution is 2.34. The Morgan fingerprint density at radius 2 is 2.00 bits per heavy atom. The largest absolute Gasteiger partial charge is 0.478 e. The number of piperidine rings is 1. The topological polar surface area (TPSA) is 82.1 Å². The van der Waals surface area contributed by atoms with Crippen LogP contribution in [0, 0.1) is 0 Å². The van der Waals surface area contributed by atoms with Crippen molar-refractivity contribution in [3.8, 4) is 11.1 Å². The van der Waals surface area contributed by atoms with Crippen molar-refractivity contribution < 1.29 is 9.90 Å². The first kappa shape index (κ1) is 16.3. The fraction of sp³-hybridized carbons (Fsp3) is 0.250. The van der Waals surface area contributed by atoms with Crippen LogP contribution in [0.2, 0.25) is 0 Å². The average Bonchev–Trinajstić information content (AvgIpc) is 3.19. The molecule has 3 aromatic rings. The highest BCUT2D eigenvalue weighted by molar-refractivity contribution is 5.87. The van der Waals surface area contributed by atoms with E-state index in [-0.39, 0.29) is 5.56 Å². The second kappa shape index (κ2) is 7.00. The third-order valence-electron chi connectivity index (χ3n) is 4.90. The Balaban J connectivity index is 1.56. The average molecular weight is 348 g/mol. The zero-order valence-electron chi connectivity index (χ0n) is 14.3. The number of hydrogen-bond acceptors (Lipinski definition) is 4. The van der Waals surface area contributed by atoms with Crippen molar-refractivity contribution in [2.75, 3.05) is 18.0 Å². The number of carboxylic acids is 1. The van der Waals surface area contributed by atoms with Crippen molar-refractivity contribution in [2.24, 2.45) is 0 Å². The smallest absolute Gasteiger partial charge is 0.337 e. The number of aromatic nitrogens is 3. The summed E-state index contributed by atoms with van der Waals surface area (Å²) in [5, 5.41) is 16.5. The number of H-pyrrole nitrogens is 1. The summed E-state index contributed by atoms with van der Waals surface area (Å²) < 4.78 is 0. The van der Waals surface area contributed by atoms with Crippen LogP contribution in [-0.4, -0.2) is 39.3 Å². The molecule has 3 heterocycles. The Kier molecular flexibility index (Phi) is 4.39. The highest BCUT2D eigenvalue weighted by Gasteiger charge is 2.26. The molecule has 0 bridgehead atoms. The lowest BCUT2D eigenvalue weighted by Crippen LogP contribution is -2.35. The van der Waals surface area contributed by atoms with E-state index in [4.69, 9.17) is 5.11 Å². The number of hydrogen-bond donors (Lipinski definition) is 2. The molecule has 1 fully saturated rings. The van der Waals surface area contributed by atoms with Gasteiger partial charge in [-0.1, -0.05) is 30.3 Å². The first-order chi connectivity index (χ1) is 12.7. The van der Waals surface area contributed by atoms with Crippen LogP contribution < -0.4 is 4.90 Å². The Morgan fingerprint density at radius 3 is 2.73 bits per heavy atom. The molecule has 2 aromatic heterocycles. The van der Waals surface area contributed by atoms with Gasteiger partial charge in [0.2, 0.25) is 0 Å². The third-order valence-corrected chi connectivity index (χ3v) is 4.90. The van der Waals surface area contributed by atoms with Crippen LogP contribution in [0.5, 0.6) is 0 Å². The van der Waals surface area contributed by atoms with E-state index in [2.05, 4.69) is 32.2 Å². The monoisotopic (exact) mass is 348 g/mol. The summed E-state index contributed by atoms with van der Waals surface area (Å²) in [6.07, 6.45) is 5.46. The molecule has 1 saturated heterocycles. The molecule has 4 rings (SSSR count). The molecular weight excluding hydrogens is 328 g/mol. The van der Waals surface area contributed by atoms with Gasteiger partial charge in [0.15, 0.2) is 0 Å². The van der Waals surface area contributed by atoms with Crippen molar-refractivity contribution in [1.82, 2.24) is 15.2 Å². The summed E-state index contributed by atoms with van der Waals surface area (Å²) in [5.74, 6) is 0.202. The number of aromatic amines is 1. The Hall–Kier alpha value is -3.15. The quantitative estimate of drug-likeness (QED) is 0.753. The lowest BCUT2D eigenvalue weighted by molar-refractivity contribution is 0.0696. The summed E-state index contributed by atoms with van der Waals surface area (Å²) in [5.41, 5.74) is 3.68. The minimum absolute atomic E-state index is 0.210. The van der Waals surface area contributed by atoms with E-state index in [0.29, 0.717) is 5.92 Å². The van der Waals surface area contributed by atoms with Crippen molar-refractivity contribution >= 4 is 11.8 Å². The van der Waals surface area contributed by atoms with Gasteiger partial charge >= 0.3 is 5.97 Å². The normalized spacial score (nSPS) is 17.2. The number of rotatable bonds is 4. The van der Waals surface area contributed by atoms with Gasteiger partial charge < -0.3 is 10.0 Å². The number of anilines is 1. The van der Waals surface area contributed by atoms with Crippen LogP contribution in [-0.2, 0) is 0 Å². The van der Waals surface area contributed by atoms with Crippen molar-refractivity contribution in [3.63, 3.8) is 0 Å². The molecule has 1 aliphatic rings. The first-order valence-electron chi connectivity index (χ1n) is 8.75. The van der Waals surface area contributed by atoms with Crippen LogP contribution in [0.15, 0.2) is 54.9 Å². The molecule has 1 aliphatic heterocycles. The molecular formula is C20H20N4O2.